The van der Waals surface area contributed by atoms with Crippen molar-refractivity contribution in [2.75, 3.05) is 5.73 Å². The number of ketones is 3. The number of anilines is 1. The zero-order valence-corrected chi connectivity index (χ0v) is 18.5. The van der Waals surface area contributed by atoms with Crippen LogP contribution in [-0.2, 0) is 19.1 Å². The van der Waals surface area contributed by atoms with Crippen molar-refractivity contribution in [3.05, 3.63) is 22.7 Å². The van der Waals surface area contributed by atoms with Crippen LogP contribution in [0.4, 0.5) is 5.82 Å². The lowest BCUT2D eigenvalue weighted by atomic mass is 9.70. The predicted octanol–water partition coefficient (Wildman–Crippen LogP) is -0.346. The summed E-state index contributed by atoms with van der Waals surface area (Å²) in [6.07, 6.45) is -4.60. The van der Waals surface area contributed by atoms with Crippen LogP contribution in [0.15, 0.2) is 17.1 Å². The molecule has 2 heterocycles. The highest BCUT2D eigenvalue weighted by molar-refractivity contribution is 6.01. The van der Waals surface area contributed by atoms with E-state index in [-0.39, 0.29) is 37.9 Å². The van der Waals surface area contributed by atoms with Gasteiger partial charge in [0.1, 0.15) is 18.0 Å². The summed E-state index contributed by atoms with van der Waals surface area (Å²) >= 11 is 0. The van der Waals surface area contributed by atoms with E-state index < -0.39 is 52.7 Å². The highest BCUT2D eigenvalue weighted by atomic mass is 16.6. The Labute approximate surface area is 185 Å². The second-order valence-corrected chi connectivity index (χ2v) is 7.99. The zero-order chi connectivity index (χ0) is 24.3. The number of Topliss-reactive ketones (excluding diaryl/α,β-unsaturated/α-hetero) is 3. The minimum absolute atomic E-state index is 0.0888. The second kappa shape index (κ2) is 9.99. The number of aromatic nitrogens is 2. The average Bonchev–Trinajstić information content (AvgIpc) is 2.98. The van der Waals surface area contributed by atoms with Gasteiger partial charge in [0.25, 0.3) is 0 Å². The summed E-state index contributed by atoms with van der Waals surface area (Å²) < 4.78 is 6.35. The number of aliphatic hydroxyl groups is 3. The van der Waals surface area contributed by atoms with E-state index in [1.165, 1.54) is 6.07 Å². The van der Waals surface area contributed by atoms with Crippen LogP contribution in [0.2, 0.25) is 0 Å². The average molecular weight is 453 g/mol. The number of ether oxygens (including phenoxy) is 1. The Morgan fingerprint density at radius 1 is 1.09 bits per heavy atom. The molecule has 0 aliphatic carbocycles. The lowest BCUT2D eigenvalue weighted by molar-refractivity contribution is -0.187. The quantitative estimate of drug-likeness (QED) is 0.346. The van der Waals surface area contributed by atoms with E-state index in [4.69, 9.17) is 10.5 Å². The Morgan fingerprint density at radius 2 is 1.62 bits per heavy atom. The molecule has 0 radical (unpaired) electrons. The zero-order valence-electron chi connectivity index (χ0n) is 18.5. The summed E-state index contributed by atoms with van der Waals surface area (Å²) in [7, 11) is 0. The van der Waals surface area contributed by atoms with Gasteiger partial charge < -0.3 is 25.8 Å². The number of nitrogen functional groups attached to an aromatic ring is 1. The van der Waals surface area contributed by atoms with Gasteiger partial charge in [-0.15, -0.1) is 0 Å². The first-order chi connectivity index (χ1) is 15.0. The van der Waals surface area contributed by atoms with Crippen molar-refractivity contribution in [2.45, 2.75) is 88.9 Å². The number of hydrogen-bond donors (Lipinski definition) is 4. The van der Waals surface area contributed by atoms with Crippen LogP contribution in [0, 0.1) is 0 Å². The molecule has 0 spiro atoms. The molecular formula is C21H31N3O8. The van der Waals surface area contributed by atoms with Crippen LogP contribution in [0.1, 0.15) is 65.5 Å². The third-order valence-electron chi connectivity index (χ3n) is 5.65. The topological polar surface area (TPSA) is 182 Å². The van der Waals surface area contributed by atoms with Gasteiger partial charge in [-0.25, -0.2) is 4.79 Å². The number of carbonyl (C=O) groups is 3. The number of nitrogens with two attached hydrogens (primary N) is 1. The van der Waals surface area contributed by atoms with Crippen LogP contribution >= 0.6 is 0 Å². The molecule has 0 aromatic carbocycles. The first-order valence-corrected chi connectivity index (χ1v) is 10.7. The van der Waals surface area contributed by atoms with E-state index in [0.29, 0.717) is 11.0 Å². The minimum Gasteiger partial charge on any atom is -0.383 e. The summed E-state index contributed by atoms with van der Waals surface area (Å²) in [6, 6.07) is 1.20. The molecule has 178 valence electrons. The van der Waals surface area contributed by atoms with E-state index in [9.17, 15) is 34.5 Å². The molecule has 1 aliphatic heterocycles. The normalized spacial score (nSPS) is 28.4. The molecule has 1 aromatic rings. The summed E-state index contributed by atoms with van der Waals surface area (Å²) in [5.74, 6) is -2.84. The van der Waals surface area contributed by atoms with Crippen molar-refractivity contribution in [1.29, 1.82) is 0 Å². The van der Waals surface area contributed by atoms with E-state index in [0.717, 1.165) is 6.20 Å². The maximum absolute atomic E-state index is 13.1. The van der Waals surface area contributed by atoms with Crippen LogP contribution in [0.25, 0.3) is 0 Å². The molecular weight excluding hydrogens is 422 g/mol. The van der Waals surface area contributed by atoms with E-state index >= 15 is 0 Å². The van der Waals surface area contributed by atoms with Gasteiger partial charge in [-0.2, -0.15) is 4.98 Å². The van der Waals surface area contributed by atoms with Crippen LogP contribution < -0.4 is 11.4 Å². The molecule has 11 heteroatoms. The Bertz CT molecular complexity index is 932. The van der Waals surface area contributed by atoms with Gasteiger partial charge in [-0.1, -0.05) is 20.8 Å². The van der Waals surface area contributed by atoms with Gasteiger partial charge in [-0.3, -0.25) is 19.0 Å². The van der Waals surface area contributed by atoms with Crippen LogP contribution in [0.5, 0.6) is 0 Å². The molecule has 11 nitrogen and oxygen atoms in total. The lowest BCUT2D eigenvalue weighted by Gasteiger charge is -2.39. The first kappa shape index (κ1) is 25.8. The van der Waals surface area contributed by atoms with Crippen LogP contribution in [0.3, 0.4) is 0 Å². The third kappa shape index (κ3) is 4.13. The Morgan fingerprint density at radius 3 is 2.12 bits per heavy atom. The lowest BCUT2D eigenvalue weighted by Crippen LogP contribution is -2.69. The van der Waals surface area contributed by atoms with Gasteiger partial charge in [-0.05, 0) is 25.3 Å². The molecule has 1 fully saturated rings. The van der Waals surface area contributed by atoms with E-state index in [1.54, 1.807) is 20.8 Å². The second-order valence-electron chi connectivity index (χ2n) is 7.99. The van der Waals surface area contributed by atoms with Crippen molar-refractivity contribution >= 4 is 23.2 Å². The minimum atomic E-state index is -2.98. The molecule has 0 saturated carbocycles. The Kier molecular flexibility index (Phi) is 8.05. The summed E-state index contributed by atoms with van der Waals surface area (Å²) in [4.78, 5) is 54.7. The van der Waals surface area contributed by atoms with Crippen molar-refractivity contribution in [3.8, 4) is 0 Å². The van der Waals surface area contributed by atoms with Gasteiger partial charge in [0.05, 0.1) is 0 Å². The van der Waals surface area contributed by atoms with Gasteiger partial charge in [0.15, 0.2) is 29.2 Å². The van der Waals surface area contributed by atoms with E-state index in [2.05, 4.69) is 4.98 Å². The molecule has 5 atom stereocenters. The number of carbonyl (C=O) groups excluding carboxylic acids is 3. The summed E-state index contributed by atoms with van der Waals surface area (Å²) in [6.45, 7) is 4.98. The van der Waals surface area contributed by atoms with Crippen molar-refractivity contribution in [2.24, 2.45) is 0 Å². The molecule has 2 rings (SSSR count). The fourth-order valence-electron chi connectivity index (χ4n) is 4.03. The predicted molar refractivity (Wildman–Crippen MR) is 112 cm³/mol. The smallest absolute Gasteiger partial charge is 0.351 e. The molecule has 1 saturated heterocycles. The highest BCUT2D eigenvalue weighted by Gasteiger charge is 2.74. The monoisotopic (exact) mass is 453 g/mol. The molecule has 32 heavy (non-hydrogen) atoms. The maximum Gasteiger partial charge on any atom is 0.351 e. The summed E-state index contributed by atoms with van der Waals surface area (Å²) in [5, 5.41) is 34.0. The van der Waals surface area contributed by atoms with Gasteiger partial charge >= 0.3 is 5.69 Å². The van der Waals surface area contributed by atoms with Crippen molar-refractivity contribution in [3.63, 3.8) is 0 Å². The van der Waals surface area contributed by atoms with Crippen molar-refractivity contribution < 1.29 is 34.4 Å². The Hall–Kier alpha value is -2.47. The van der Waals surface area contributed by atoms with Crippen molar-refractivity contribution in [1.82, 2.24) is 9.55 Å². The first-order valence-electron chi connectivity index (χ1n) is 10.7. The molecule has 0 bridgehead atoms. The largest absolute Gasteiger partial charge is 0.383 e. The highest BCUT2D eigenvalue weighted by Crippen LogP contribution is 2.49. The fourth-order valence-corrected chi connectivity index (χ4v) is 4.03. The standard InChI is InChI=1S/C21H31N3O8/c1-4-7-12(25)16(28)17-20(30,13(26)8-5-2)21(31,14(27)9-6-3)18(32-17)24-11-10-15(22)23-19(24)29/h10-11,16-18,28,30-31H,4-9H2,1-3H3,(H2,22,23,29)/t16?,17-,18-,20-,21+/m1/s1. The number of nitrogens with zero attached hydrogens (tertiary/aromatic N) is 2. The fraction of sp³-hybridized carbons (Fsp3) is 0.667. The number of hydrogen-bond acceptors (Lipinski definition) is 10. The molecule has 5 N–H and O–H groups in total. The Balaban J connectivity index is 2.78. The number of rotatable bonds is 11. The SMILES string of the molecule is CCCC(=O)C(O)[C@H]1O[C@@H](n2ccc(N)nc2=O)[C@@](O)(C(=O)CCC)[C@@]1(O)C(=O)CCC. The maximum atomic E-state index is 13.1. The third-order valence-corrected chi connectivity index (χ3v) is 5.65. The van der Waals surface area contributed by atoms with E-state index in [1.807, 2.05) is 0 Å². The van der Waals surface area contributed by atoms with Gasteiger partial charge in [0.2, 0.25) is 5.60 Å². The number of aliphatic hydroxyl groups excluding tert-OH is 1. The molecule has 1 unspecified atom stereocenters. The van der Waals surface area contributed by atoms with Gasteiger partial charge in [0, 0.05) is 25.5 Å². The molecule has 0 amide bonds. The van der Waals surface area contributed by atoms with Crippen LogP contribution in [-0.4, -0.2) is 65.6 Å². The molecule has 1 aromatic heterocycles. The summed E-state index contributed by atoms with van der Waals surface area (Å²) in [5.41, 5.74) is -1.45. The molecule has 1 aliphatic rings.